The van der Waals surface area contributed by atoms with Crippen LogP contribution in [0.4, 0.5) is 0 Å². The predicted molar refractivity (Wildman–Crippen MR) is 103 cm³/mol. The number of nitrogens with one attached hydrogen (secondary N) is 1. The Balaban J connectivity index is 0.00000156. The van der Waals surface area contributed by atoms with Crippen molar-refractivity contribution in [2.24, 2.45) is 0 Å². The van der Waals surface area contributed by atoms with E-state index in [4.69, 9.17) is 5.41 Å². The van der Waals surface area contributed by atoms with Gasteiger partial charge in [-0.1, -0.05) is 28.1 Å². The Kier molecular flexibility index (Phi) is 5.12. The van der Waals surface area contributed by atoms with Gasteiger partial charge in [-0.3, -0.25) is 0 Å². The minimum atomic E-state index is 0. The van der Waals surface area contributed by atoms with Crippen LogP contribution in [0.25, 0.3) is 0 Å². The summed E-state index contributed by atoms with van der Waals surface area (Å²) in [7, 11) is 0. The van der Waals surface area contributed by atoms with Gasteiger partial charge in [-0.05, 0) is 73.8 Å². The number of nitrogens with zero attached hydrogens (tertiary/aromatic N) is 1. The van der Waals surface area contributed by atoms with Crippen molar-refractivity contribution in [3.8, 4) is 0 Å². The number of aromatic nitrogens is 1. The lowest BCUT2D eigenvalue weighted by Gasteiger charge is -2.26. The maximum Gasteiger partial charge on any atom is 0.0638 e. The quantitative estimate of drug-likeness (QED) is 0.703. The Morgan fingerprint density at radius 2 is 1.43 bits per heavy atom. The maximum absolute atomic E-state index is 8.59. The molecule has 122 valence electrons. The number of hydrogen-bond acceptors (Lipinski definition) is 1. The molecule has 1 heterocycles. The first-order valence-corrected chi connectivity index (χ1v) is 9.08. The second-order valence-electron chi connectivity index (χ2n) is 6.50. The zero-order valence-corrected chi connectivity index (χ0v) is 16.5. The lowest BCUT2D eigenvalue weighted by atomic mass is 9.92. The van der Waals surface area contributed by atoms with E-state index >= 15 is 0 Å². The molecular formula is C19H22Br2N2. The SMILES string of the molecule is Br.N=c1c2c(n(Cc3ccc(Br)cc3)c3c1CCC3)CCCC2. The molecule has 2 aliphatic rings. The standard InChI is InChI=1S/C19H21BrN2.BrH/c20-14-10-8-13(9-11-14)12-22-17-6-2-1-4-15(17)19(21)16-5-3-7-18(16)22;/h8-11,21H,1-7,12H2;1H. The second-order valence-corrected chi connectivity index (χ2v) is 7.41. The van der Waals surface area contributed by atoms with Crippen LogP contribution in [0.3, 0.4) is 0 Å². The van der Waals surface area contributed by atoms with Crippen LogP contribution < -0.4 is 5.36 Å². The summed E-state index contributed by atoms with van der Waals surface area (Å²) in [4.78, 5) is 0. The highest BCUT2D eigenvalue weighted by molar-refractivity contribution is 9.10. The molecule has 23 heavy (non-hydrogen) atoms. The molecule has 0 unspecified atom stereocenters. The molecule has 0 saturated carbocycles. The number of halogens is 2. The normalized spacial score (nSPS) is 15.7. The van der Waals surface area contributed by atoms with Crippen LogP contribution >= 0.6 is 32.9 Å². The molecule has 4 rings (SSSR count). The van der Waals surface area contributed by atoms with Crippen molar-refractivity contribution in [1.82, 2.24) is 4.57 Å². The minimum Gasteiger partial charge on any atom is -0.344 e. The average molecular weight is 438 g/mol. The molecule has 0 saturated heterocycles. The molecule has 4 heteroatoms. The fourth-order valence-electron chi connectivity index (χ4n) is 4.06. The first-order chi connectivity index (χ1) is 10.7. The van der Waals surface area contributed by atoms with E-state index < -0.39 is 0 Å². The fourth-order valence-corrected chi connectivity index (χ4v) is 4.32. The van der Waals surface area contributed by atoms with Crippen LogP contribution in [0, 0.1) is 5.41 Å². The third kappa shape index (κ3) is 3.08. The summed E-state index contributed by atoms with van der Waals surface area (Å²) < 4.78 is 3.69. The van der Waals surface area contributed by atoms with Gasteiger partial charge in [-0.15, -0.1) is 17.0 Å². The largest absolute Gasteiger partial charge is 0.344 e. The van der Waals surface area contributed by atoms with Crippen molar-refractivity contribution >= 4 is 32.9 Å². The van der Waals surface area contributed by atoms with Crippen LogP contribution in [0.2, 0.25) is 0 Å². The molecule has 0 aliphatic heterocycles. The molecule has 0 atom stereocenters. The Bertz CT molecular complexity index is 775. The van der Waals surface area contributed by atoms with Crippen LogP contribution in [0.5, 0.6) is 0 Å². The van der Waals surface area contributed by atoms with Gasteiger partial charge in [0.25, 0.3) is 0 Å². The first kappa shape index (κ1) is 17.0. The van der Waals surface area contributed by atoms with Gasteiger partial charge >= 0.3 is 0 Å². The number of hydrogen-bond donors (Lipinski definition) is 1. The van der Waals surface area contributed by atoms with Gasteiger partial charge in [-0.25, -0.2) is 0 Å². The van der Waals surface area contributed by atoms with Crippen molar-refractivity contribution in [3.05, 3.63) is 62.2 Å². The smallest absolute Gasteiger partial charge is 0.0638 e. The molecule has 0 bridgehead atoms. The molecule has 0 amide bonds. The summed E-state index contributed by atoms with van der Waals surface area (Å²) in [6.07, 6.45) is 8.21. The summed E-state index contributed by atoms with van der Waals surface area (Å²) in [5.41, 5.74) is 6.91. The highest BCUT2D eigenvalue weighted by Gasteiger charge is 2.24. The fraction of sp³-hybridized carbons (Fsp3) is 0.421. The summed E-state index contributed by atoms with van der Waals surface area (Å²) >= 11 is 3.52. The van der Waals surface area contributed by atoms with Crippen LogP contribution in [-0.2, 0) is 32.2 Å². The van der Waals surface area contributed by atoms with Crippen LogP contribution in [-0.4, -0.2) is 4.57 Å². The van der Waals surface area contributed by atoms with E-state index in [0.29, 0.717) is 0 Å². The first-order valence-electron chi connectivity index (χ1n) is 8.29. The van der Waals surface area contributed by atoms with Gasteiger partial charge in [0.1, 0.15) is 0 Å². The molecule has 1 aromatic carbocycles. The topological polar surface area (TPSA) is 28.8 Å². The van der Waals surface area contributed by atoms with Crippen molar-refractivity contribution in [3.63, 3.8) is 0 Å². The summed E-state index contributed by atoms with van der Waals surface area (Å²) in [5.74, 6) is 0. The summed E-state index contributed by atoms with van der Waals surface area (Å²) in [5, 5.41) is 9.46. The van der Waals surface area contributed by atoms with Gasteiger partial charge in [0.2, 0.25) is 0 Å². The zero-order valence-electron chi connectivity index (χ0n) is 13.2. The summed E-state index contributed by atoms with van der Waals surface area (Å²) in [6, 6.07) is 8.67. The maximum atomic E-state index is 8.59. The predicted octanol–water partition coefficient (Wildman–Crippen LogP) is 4.72. The van der Waals surface area contributed by atoms with Gasteiger partial charge in [0.05, 0.1) is 5.36 Å². The number of benzene rings is 1. The highest BCUT2D eigenvalue weighted by Crippen LogP contribution is 2.27. The molecule has 2 nitrogen and oxygen atoms in total. The van der Waals surface area contributed by atoms with Crippen molar-refractivity contribution in [1.29, 1.82) is 5.41 Å². The van der Waals surface area contributed by atoms with Gasteiger partial charge in [-0.2, -0.15) is 0 Å². The number of rotatable bonds is 2. The Labute approximate surface area is 156 Å². The van der Waals surface area contributed by atoms with E-state index in [-0.39, 0.29) is 17.0 Å². The average Bonchev–Trinajstić information content (AvgIpc) is 3.03. The second kappa shape index (κ2) is 6.94. The lowest BCUT2D eigenvalue weighted by Crippen LogP contribution is -2.27. The van der Waals surface area contributed by atoms with Crippen molar-refractivity contribution < 1.29 is 0 Å². The van der Waals surface area contributed by atoms with E-state index in [2.05, 4.69) is 44.8 Å². The molecule has 0 fully saturated rings. The molecule has 0 radical (unpaired) electrons. The van der Waals surface area contributed by atoms with Crippen LogP contribution in [0.1, 0.15) is 47.3 Å². The molecular weight excluding hydrogens is 416 g/mol. The Morgan fingerprint density at radius 1 is 0.870 bits per heavy atom. The third-order valence-corrected chi connectivity index (χ3v) is 5.67. The number of fused-ring (bicyclic) bond motifs is 2. The molecule has 2 aliphatic carbocycles. The Hall–Kier alpha value is -0.870. The lowest BCUT2D eigenvalue weighted by molar-refractivity contribution is 0.590. The van der Waals surface area contributed by atoms with E-state index in [0.717, 1.165) is 42.1 Å². The molecule has 0 spiro atoms. The van der Waals surface area contributed by atoms with E-state index in [1.807, 2.05) is 0 Å². The zero-order chi connectivity index (χ0) is 15.1. The molecule has 1 N–H and O–H groups in total. The number of pyridine rings is 1. The van der Waals surface area contributed by atoms with Crippen LogP contribution in [0.15, 0.2) is 28.7 Å². The van der Waals surface area contributed by atoms with Gasteiger partial charge in [0.15, 0.2) is 0 Å². The molecule has 1 aromatic heterocycles. The van der Waals surface area contributed by atoms with Crippen molar-refractivity contribution in [2.45, 2.75) is 51.5 Å². The monoisotopic (exact) mass is 436 g/mol. The van der Waals surface area contributed by atoms with Crippen molar-refractivity contribution in [2.75, 3.05) is 0 Å². The summed E-state index contributed by atoms with van der Waals surface area (Å²) in [6.45, 7) is 0.957. The van der Waals surface area contributed by atoms with E-state index in [1.54, 1.807) is 0 Å². The third-order valence-electron chi connectivity index (χ3n) is 5.14. The molecule has 2 aromatic rings. The van der Waals surface area contributed by atoms with E-state index in [1.165, 1.54) is 47.3 Å². The van der Waals surface area contributed by atoms with E-state index in [9.17, 15) is 0 Å². The Morgan fingerprint density at radius 3 is 2.13 bits per heavy atom. The van der Waals surface area contributed by atoms with Gasteiger partial charge < -0.3 is 9.98 Å². The highest BCUT2D eigenvalue weighted by atomic mass is 79.9. The van der Waals surface area contributed by atoms with Gasteiger partial charge in [0, 0.05) is 22.4 Å². The minimum absolute atomic E-state index is 0.